The van der Waals surface area contributed by atoms with Crippen LogP contribution in [0.25, 0.3) is 0 Å². The maximum Gasteiger partial charge on any atom is 0.306 e. The minimum Gasteiger partial charge on any atom is -0.466 e. The van der Waals surface area contributed by atoms with Gasteiger partial charge in [-0.25, -0.2) is 9.67 Å². The van der Waals surface area contributed by atoms with Crippen LogP contribution in [0.3, 0.4) is 0 Å². The summed E-state index contributed by atoms with van der Waals surface area (Å²) >= 11 is 0. The minimum absolute atomic E-state index is 0.0321. The van der Waals surface area contributed by atoms with Gasteiger partial charge in [-0.15, -0.1) is 0 Å². The molecular formula is C13H21N3O3. The number of nitrogens with zero attached hydrogens (tertiary/aromatic N) is 3. The smallest absolute Gasteiger partial charge is 0.306 e. The highest BCUT2D eigenvalue weighted by atomic mass is 16.5. The van der Waals surface area contributed by atoms with Gasteiger partial charge in [-0.3, -0.25) is 9.59 Å². The molecule has 0 fully saturated rings. The number of carbonyl (C=O) groups excluding carboxylic acids is 2. The highest BCUT2D eigenvalue weighted by molar-refractivity contribution is 5.82. The minimum atomic E-state index is -0.334. The summed E-state index contributed by atoms with van der Waals surface area (Å²) in [6, 6.07) is 0. The van der Waals surface area contributed by atoms with E-state index in [4.69, 9.17) is 4.74 Å². The first-order valence-corrected chi connectivity index (χ1v) is 6.70. The van der Waals surface area contributed by atoms with E-state index >= 15 is 0 Å². The molecule has 0 spiro atoms. The van der Waals surface area contributed by atoms with Crippen molar-refractivity contribution in [1.82, 2.24) is 14.8 Å². The third-order valence-corrected chi connectivity index (χ3v) is 2.66. The quantitative estimate of drug-likeness (QED) is 0.664. The highest BCUT2D eigenvalue weighted by Gasteiger charge is 2.12. The Morgan fingerprint density at radius 1 is 1.16 bits per heavy atom. The highest BCUT2D eigenvalue weighted by Crippen LogP contribution is 2.03. The lowest BCUT2D eigenvalue weighted by Gasteiger charge is -2.04. The zero-order valence-corrected chi connectivity index (χ0v) is 11.8. The van der Waals surface area contributed by atoms with Crippen LogP contribution >= 0.6 is 0 Å². The number of hydrogen-bond acceptors (Lipinski definition) is 5. The summed E-state index contributed by atoms with van der Waals surface area (Å²) in [7, 11) is 0. The lowest BCUT2D eigenvalue weighted by Crippen LogP contribution is -2.16. The summed E-state index contributed by atoms with van der Waals surface area (Å²) in [6.07, 6.45) is 1.79. The van der Waals surface area contributed by atoms with Crippen LogP contribution in [0.5, 0.6) is 0 Å². The number of rotatable bonds is 8. The molecule has 0 aliphatic heterocycles. The van der Waals surface area contributed by atoms with E-state index in [1.807, 2.05) is 13.8 Å². The predicted molar refractivity (Wildman–Crippen MR) is 69.7 cm³/mol. The Morgan fingerprint density at radius 3 is 2.47 bits per heavy atom. The van der Waals surface area contributed by atoms with Crippen LogP contribution in [-0.2, 0) is 33.7 Å². The summed E-state index contributed by atoms with van der Waals surface area (Å²) in [5.41, 5.74) is 0. The van der Waals surface area contributed by atoms with Gasteiger partial charge in [-0.05, 0) is 6.92 Å². The van der Waals surface area contributed by atoms with Crippen LogP contribution in [0.2, 0.25) is 0 Å². The molecule has 0 atom stereocenters. The van der Waals surface area contributed by atoms with Gasteiger partial charge >= 0.3 is 5.97 Å². The van der Waals surface area contributed by atoms with Crippen molar-refractivity contribution in [2.24, 2.45) is 0 Å². The number of carbonyl (C=O) groups is 2. The zero-order chi connectivity index (χ0) is 14.3. The molecule has 1 rings (SSSR count). The van der Waals surface area contributed by atoms with Crippen LogP contribution in [0.4, 0.5) is 0 Å². The van der Waals surface area contributed by atoms with E-state index in [1.165, 1.54) is 0 Å². The average Bonchev–Trinajstić information content (AvgIpc) is 2.79. The Kier molecular flexibility index (Phi) is 6.18. The Labute approximate surface area is 113 Å². The molecule has 0 aliphatic rings. The zero-order valence-electron chi connectivity index (χ0n) is 11.8. The molecule has 0 unspecified atom stereocenters. The fourth-order valence-corrected chi connectivity index (χ4v) is 1.68. The van der Waals surface area contributed by atoms with E-state index in [1.54, 1.807) is 11.6 Å². The molecule has 0 N–H and O–H groups in total. The third kappa shape index (κ3) is 4.81. The van der Waals surface area contributed by atoms with Crippen LogP contribution in [-0.4, -0.2) is 33.1 Å². The number of ether oxygens (including phenoxy) is 1. The molecule has 0 bridgehead atoms. The molecule has 106 valence electrons. The molecule has 0 saturated heterocycles. The molecule has 1 aromatic rings. The molecule has 1 heterocycles. The Bertz CT molecular complexity index is 440. The second kappa shape index (κ2) is 7.66. The normalized spacial score (nSPS) is 10.5. The van der Waals surface area contributed by atoms with E-state index < -0.39 is 0 Å². The first kappa shape index (κ1) is 15.3. The average molecular weight is 267 g/mol. The van der Waals surface area contributed by atoms with Gasteiger partial charge in [0.2, 0.25) is 0 Å². The van der Waals surface area contributed by atoms with Crippen molar-refractivity contribution in [1.29, 1.82) is 0 Å². The second-order valence-electron chi connectivity index (χ2n) is 4.15. The van der Waals surface area contributed by atoms with Crippen LogP contribution in [0.1, 0.15) is 45.3 Å². The van der Waals surface area contributed by atoms with Crippen molar-refractivity contribution in [2.75, 3.05) is 6.61 Å². The topological polar surface area (TPSA) is 74.1 Å². The third-order valence-electron chi connectivity index (χ3n) is 2.66. The van der Waals surface area contributed by atoms with Crippen LogP contribution in [0, 0.1) is 0 Å². The number of hydrogen-bond donors (Lipinski definition) is 0. The largest absolute Gasteiger partial charge is 0.466 e. The number of aryl methyl sites for hydroxylation is 2. The molecule has 0 saturated carbocycles. The number of aromatic nitrogens is 3. The number of esters is 1. The van der Waals surface area contributed by atoms with Crippen LogP contribution < -0.4 is 0 Å². The number of ketones is 1. The summed E-state index contributed by atoms with van der Waals surface area (Å²) in [5, 5.41) is 4.27. The fraction of sp³-hybridized carbons (Fsp3) is 0.692. The van der Waals surface area contributed by atoms with E-state index in [0.717, 1.165) is 24.5 Å². The summed E-state index contributed by atoms with van der Waals surface area (Å²) in [5.74, 6) is 1.19. The van der Waals surface area contributed by atoms with Crippen molar-refractivity contribution in [2.45, 2.75) is 53.0 Å². The van der Waals surface area contributed by atoms with Crippen molar-refractivity contribution < 1.29 is 14.3 Å². The van der Waals surface area contributed by atoms with E-state index in [2.05, 4.69) is 10.1 Å². The lowest BCUT2D eigenvalue weighted by atomic mass is 10.2. The molecule has 1 aromatic heterocycles. The van der Waals surface area contributed by atoms with Gasteiger partial charge in [0, 0.05) is 19.3 Å². The van der Waals surface area contributed by atoms with Crippen LogP contribution in [0.15, 0.2) is 0 Å². The van der Waals surface area contributed by atoms with Gasteiger partial charge in [0.15, 0.2) is 11.6 Å². The summed E-state index contributed by atoms with van der Waals surface area (Å²) in [4.78, 5) is 27.3. The van der Waals surface area contributed by atoms with Crippen molar-refractivity contribution in [3.63, 3.8) is 0 Å². The van der Waals surface area contributed by atoms with Gasteiger partial charge < -0.3 is 4.74 Å². The Morgan fingerprint density at radius 2 is 1.89 bits per heavy atom. The molecule has 0 amide bonds. The van der Waals surface area contributed by atoms with Gasteiger partial charge in [0.25, 0.3) is 0 Å². The molecule has 6 nitrogen and oxygen atoms in total. The first-order chi connectivity index (χ1) is 9.10. The van der Waals surface area contributed by atoms with E-state index in [9.17, 15) is 9.59 Å². The van der Waals surface area contributed by atoms with Crippen molar-refractivity contribution in [3.05, 3.63) is 11.6 Å². The van der Waals surface area contributed by atoms with Gasteiger partial charge in [-0.1, -0.05) is 13.8 Å². The SMILES string of the molecule is CCOC(=O)CCC(=O)Cn1nc(CC)nc1CC. The molecule has 0 aliphatic carbocycles. The molecule has 6 heteroatoms. The van der Waals surface area contributed by atoms with Gasteiger partial charge in [-0.2, -0.15) is 5.10 Å². The Hall–Kier alpha value is -1.72. The monoisotopic (exact) mass is 267 g/mol. The molecule has 0 aromatic carbocycles. The Balaban J connectivity index is 2.52. The summed E-state index contributed by atoms with van der Waals surface area (Å²) < 4.78 is 6.41. The van der Waals surface area contributed by atoms with E-state index in [-0.39, 0.29) is 31.1 Å². The maximum atomic E-state index is 11.8. The van der Waals surface area contributed by atoms with Gasteiger partial charge in [0.1, 0.15) is 12.4 Å². The lowest BCUT2D eigenvalue weighted by molar-refractivity contribution is -0.144. The number of Topliss-reactive ketones (excluding diaryl/α,β-unsaturated/α-hetero) is 1. The standard InChI is InChI=1S/C13H21N3O3/c1-4-11-14-12(5-2)16(15-11)9-10(17)7-8-13(18)19-6-3/h4-9H2,1-3H3. The predicted octanol–water partition coefficient (Wildman–Crippen LogP) is 1.32. The first-order valence-electron chi connectivity index (χ1n) is 6.70. The van der Waals surface area contributed by atoms with Crippen molar-refractivity contribution in [3.8, 4) is 0 Å². The fourth-order valence-electron chi connectivity index (χ4n) is 1.68. The second-order valence-corrected chi connectivity index (χ2v) is 4.15. The van der Waals surface area contributed by atoms with Gasteiger partial charge in [0.05, 0.1) is 13.0 Å². The molecule has 0 radical (unpaired) electrons. The molecular weight excluding hydrogens is 246 g/mol. The van der Waals surface area contributed by atoms with E-state index in [0.29, 0.717) is 6.61 Å². The maximum absolute atomic E-state index is 11.8. The molecule has 19 heavy (non-hydrogen) atoms. The van der Waals surface area contributed by atoms with Crippen molar-refractivity contribution >= 4 is 11.8 Å². The summed E-state index contributed by atoms with van der Waals surface area (Å²) in [6.45, 7) is 6.21.